The first kappa shape index (κ1) is 20.8. The summed E-state index contributed by atoms with van der Waals surface area (Å²) in [4.78, 5) is 12.5. The fourth-order valence-corrected chi connectivity index (χ4v) is 3.41. The molecule has 1 atom stereocenters. The van der Waals surface area contributed by atoms with Crippen LogP contribution in [0.1, 0.15) is 6.92 Å². The summed E-state index contributed by atoms with van der Waals surface area (Å²) < 4.78 is 11.9. The van der Waals surface area contributed by atoms with E-state index in [0.29, 0.717) is 38.8 Å². The summed E-state index contributed by atoms with van der Waals surface area (Å²) in [5, 5.41) is 11.7. The normalized spacial score (nSPS) is 11.7. The summed E-state index contributed by atoms with van der Waals surface area (Å²) in [5.74, 6) is 7.58. The maximum absolute atomic E-state index is 12.5. The monoisotopic (exact) mass is 433 g/mol. The molecule has 152 valence electrons. The largest absolute Gasteiger partial charge is 0.493 e. The van der Waals surface area contributed by atoms with Crippen molar-refractivity contribution in [2.45, 2.75) is 17.3 Å². The molecule has 0 saturated carbocycles. The molecule has 8 nitrogen and oxygen atoms in total. The summed E-state index contributed by atoms with van der Waals surface area (Å²) >= 11 is 7.06. The van der Waals surface area contributed by atoms with Crippen LogP contribution in [0.5, 0.6) is 11.5 Å². The van der Waals surface area contributed by atoms with Gasteiger partial charge < -0.3 is 20.6 Å². The molecule has 0 fully saturated rings. The number of amides is 1. The van der Waals surface area contributed by atoms with Crippen LogP contribution in [-0.2, 0) is 4.79 Å². The van der Waals surface area contributed by atoms with Crippen LogP contribution < -0.4 is 20.6 Å². The number of benzene rings is 2. The third kappa shape index (κ3) is 4.75. The van der Waals surface area contributed by atoms with E-state index in [4.69, 9.17) is 26.9 Å². The Morgan fingerprint density at radius 2 is 1.83 bits per heavy atom. The summed E-state index contributed by atoms with van der Waals surface area (Å²) in [6.07, 6.45) is 0. The summed E-state index contributed by atoms with van der Waals surface area (Å²) in [6, 6.07) is 12.2. The Bertz CT molecular complexity index is 1010. The number of carbonyl (C=O) groups is 1. The van der Waals surface area contributed by atoms with Crippen molar-refractivity contribution in [2.24, 2.45) is 0 Å². The van der Waals surface area contributed by atoms with Gasteiger partial charge in [-0.15, -0.1) is 10.2 Å². The van der Waals surface area contributed by atoms with E-state index in [1.165, 1.54) is 16.4 Å². The minimum atomic E-state index is -0.449. The maximum atomic E-state index is 12.5. The van der Waals surface area contributed by atoms with Gasteiger partial charge in [-0.05, 0) is 49.4 Å². The molecule has 10 heteroatoms. The highest BCUT2D eigenvalue weighted by Gasteiger charge is 2.20. The molecule has 1 aromatic heterocycles. The fraction of sp³-hybridized carbons (Fsp3) is 0.211. The van der Waals surface area contributed by atoms with E-state index >= 15 is 0 Å². The van der Waals surface area contributed by atoms with Crippen LogP contribution >= 0.6 is 23.4 Å². The molecule has 2 aromatic carbocycles. The zero-order chi connectivity index (χ0) is 21.0. The van der Waals surface area contributed by atoms with Gasteiger partial charge in [-0.25, -0.2) is 4.68 Å². The van der Waals surface area contributed by atoms with Gasteiger partial charge in [-0.2, -0.15) is 0 Å². The van der Waals surface area contributed by atoms with E-state index in [2.05, 4.69) is 15.5 Å². The lowest BCUT2D eigenvalue weighted by Crippen LogP contribution is -2.23. The molecule has 1 amide bonds. The summed E-state index contributed by atoms with van der Waals surface area (Å²) in [6.45, 7) is 1.76. The number of nitrogens with one attached hydrogen (secondary N) is 1. The molecule has 0 aliphatic rings. The van der Waals surface area contributed by atoms with E-state index in [9.17, 15) is 4.79 Å². The first-order valence-electron chi connectivity index (χ1n) is 8.59. The van der Waals surface area contributed by atoms with E-state index < -0.39 is 5.25 Å². The molecular formula is C19H20ClN5O3S. The molecular weight excluding hydrogens is 414 g/mol. The molecule has 0 aliphatic heterocycles. The van der Waals surface area contributed by atoms with Gasteiger partial charge in [0.15, 0.2) is 17.3 Å². The number of ether oxygens (including phenoxy) is 2. The Morgan fingerprint density at radius 3 is 2.48 bits per heavy atom. The van der Waals surface area contributed by atoms with Crippen LogP contribution in [0.2, 0.25) is 5.02 Å². The zero-order valence-electron chi connectivity index (χ0n) is 16.0. The van der Waals surface area contributed by atoms with Gasteiger partial charge >= 0.3 is 0 Å². The Morgan fingerprint density at radius 1 is 1.14 bits per heavy atom. The number of hydrogen-bond acceptors (Lipinski definition) is 7. The van der Waals surface area contributed by atoms with E-state index in [0.717, 1.165) is 0 Å². The second kappa shape index (κ2) is 9.06. The Hall–Kier alpha value is -2.91. The summed E-state index contributed by atoms with van der Waals surface area (Å²) in [7, 11) is 3.12. The van der Waals surface area contributed by atoms with Gasteiger partial charge in [0.25, 0.3) is 0 Å². The van der Waals surface area contributed by atoms with Crippen molar-refractivity contribution in [1.82, 2.24) is 14.9 Å². The number of nitrogen functional groups attached to an aromatic ring is 1. The number of hydrogen-bond donors (Lipinski definition) is 2. The van der Waals surface area contributed by atoms with Crippen LogP contribution in [0.25, 0.3) is 11.4 Å². The number of halogens is 1. The quantitative estimate of drug-likeness (QED) is 0.434. The maximum Gasteiger partial charge on any atom is 0.237 e. The fourth-order valence-electron chi connectivity index (χ4n) is 2.52. The van der Waals surface area contributed by atoms with Crippen LogP contribution in [0.15, 0.2) is 47.6 Å². The van der Waals surface area contributed by atoms with Gasteiger partial charge in [0.05, 0.1) is 19.5 Å². The standard InChI is InChI=1S/C19H20ClN5O3S/c1-11(18(26)22-14-7-5-13(20)6-8-14)29-19-24-23-17(25(19)21)12-4-9-15(27-2)16(10-12)28-3/h4-11H,21H2,1-3H3,(H,22,26). The zero-order valence-corrected chi connectivity index (χ0v) is 17.6. The number of thioether (sulfide) groups is 1. The van der Waals surface area contributed by atoms with Gasteiger partial charge in [-0.1, -0.05) is 23.4 Å². The van der Waals surface area contributed by atoms with Crippen LogP contribution in [0, 0.1) is 0 Å². The molecule has 1 unspecified atom stereocenters. The highest BCUT2D eigenvalue weighted by Crippen LogP contribution is 2.32. The van der Waals surface area contributed by atoms with Crippen LogP contribution in [-0.4, -0.2) is 40.3 Å². The second-order valence-electron chi connectivity index (χ2n) is 6.00. The van der Waals surface area contributed by atoms with Crippen LogP contribution in [0.4, 0.5) is 5.69 Å². The Balaban J connectivity index is 1.73. The topological polar surface area (TPSA) is 104 Å². The molecule has 1 heterocycles. The van der Waals surface area contributed by atoms with Crippen molar-refractivity contribution in [2.75, 3.05) is 25.4 Å². The third-order valence-electron chi connectivity index (χ3n) is 4.07. The van der Waals surface area contributed by atoms with E-state index in [1.807, 2.05) is 0 Å². The lowest BCUT2D eigenvalue weighted by atomic mass is 10.2. The number of anilines is 1. The predicted molar refractivity (Wildman–Crippen MR) is 114 cm³/mol. The molecule has 3 N–H and O–H groups in total. The highest BCUT2D eigenvalue weighted by atomic mass is 35.5. The van der Waals surface area contributed by atoms with Crippen molar-refractivity contribution in [1.29, 1.82) is 0 Å². The molecule has 0 bridgehead atoms. The number of carbonyl (C=O) groups excluding carboxylic acids is 1. The number of nitrogens with two attached hydrogens (primary N) is 1. The number of methoxy groups -OCH3 is 2. The Kier molecular flexibility index (Phi) is 6.50. The molecule has 0 spiro atoms. The summed E-state index contributed by atoms with van der Waals surface area (Å²) in [5.41, 5.74) is 1.37. The molecule has 3 aromatic rings. The molecule has 0 radical (unpaired) electrons. The second-order valence-corrected chi connectivity index (χ2v) is 7.75. The third-order valence-corrected chi connectivity index (χ3v) is 5.38. The van der Waals surface area contributed by atoms with Crippen molar-refractivity contribution < 1.29 is 14.3 Å². The average molecular weight is 434 g/mol. The lowest BCUT2D eigenvalue weighted by Gasteiger charge is -2.12. The van der Waals surface area contributed by atoms with Gasteiger partial charge in [0, 0.05) is 16.3 Å². The predicted octanol–water partition coefficient (Wildman–Crippen LogP) is 3.45. The van der Waals surface area contributed by atoms with Crippen molar-refractivity contribution in [3.63, 3.8) is 0 Å². The lowest BCUT2D eigenvalue weighted by molar-refractivity contribution is -0.115. The van der Waals surface area contributed by atoms with Crippen molar-refractivity contribution >= 4 is 35.0 Å². The first-order chi connectivity index (χ1) is 13.9. The van der Waals surface area contributed by atoms with E-state index in [-0.39, 0.29) is 5.91 Å². The minimum absolute atomic E-state index is 0.187. The highest BCUT2D eigenvalue weighted by molar-refractivity contribution is 8.00. The molecule has 3 rings (SSSR count). The first-order valence-corrected chi connectivity index (χ1v) is 9.84. The number of nitrogens with zero attached hydrogens (tertiary/aromatic N) is 3. The Labute approximate surface area is 177 Å². The number of rotatable bonds is 7. The molecule has 0 aliphatic carbocycles. The molecule has 0 saturated heterocycles. The van der Waals surface area contributed by atoms with Gasteiger partial charge in [0.1, 0.15) is 0 Å². The van der Waals surface area contributed by atoms with E-state index in [1.54, 1.807) is 63.6 Å². The minimum Gasteiger partial charge on any atom is -0.493 e. The van der Waals surface area contributed by atoms with Crippen molar-refractivity contribution in [3.05, 3.63) is 47.5 Å². The average Bonchev–Trinajstić information content (AvgIpc) is 3.09. The van der Waals surface area contributed by atoms with Crippen molar-refractivity contribution in [3.8, 4) is 22.9 Å². The van der Waals surface area contributed by atoms with Gasteiger partial charge in [0.2, 0.25) is 11.1 Å². The smallest absolute Gasteiger partial charge is 0.237 e. The number of aromatic nitrogens is 3. The van der Waals surface area contributed by atoms with Gasteiger partial charge in [-0.3, -0.25) is 4.79 Å². The molecule has 29 heavy (non-hydrogen) atoms. The van der Waals surface area contributed by atoms with Crippen LogP contribution in [0.3, 0.4) is 0 Å². The SMILES string of the molecule is COc1ccc(-c2nnc(SC(C)C(=O)Nc3ccc(Cl)cc3)n2N)cc1OC.